The van der Waals surface area contributed by atoms with Crippen LogP contribution in [0.2, 0.25) is 0 Å². The van der Waals surface area contributed by atoms with E-state index in [1.165, 1.54) is 0 Å². The first-order chi connectivity index (χ1) is 11.5. The number of hydrogen-bond donors (Lipinski definition) is 2. The molecular weight excluding hydrogens is 300 g/mol. The second-order valence-corrected chi connectivity index (χ2v) is 6.16. The maximum atomic E-state index is 10.6. The Labute approximate surface area is 141 Å². The van der Waals surface area contributed by atoms with Crippen LogP contribution >= 0.6 is 0 Å². The Morgan fingerprint density at radius 1 is 0.958 bits per heavy atom. The highest BCUT2D eigenvalue weighted by molar-refractivity contribution is 5.52. The summed E-state index contributed by atoms with van der Waals surface area (Å²) in [7, 11) is 0. The van der Waals surface area contributed by atoms with Gasteiger partial charge in [-0.15, -0.1) is 0 Å². The number of aromatic hydroxyl groups is 1. The van der Waals surface area contributed by atoms with Crippen molar-refractivity contribution in [3.8, 4) is 5.75 Å². The van der Waals surface area contributed by atoms with Crippen LogP contribution in [0.5, 0.6) is 5.75 Å². The highest BCUT2D eigenvalue weighted by Crippen LogP contribution is 2.42. The fraction of sp³-hybridized carbons (Fsp3) is 0.200. The molecule has 1 aliphatic carbocycles. The summed E-state index contributed by atoms with van der Waals surface area (Å²) in [5.41, 5.74) is 2.38. The number of phenols is 1. The van der Waals surface area contributed by atoms with Crippen molar-refractivity contribution >= 4 is 5.69 Å². The standard InChI is InChI=1S/C20H20N2O2/c1-14-8-10-18(23)17(12-14)21-22-20(16-6-4-3-5-7-16)13-15(2)9-11-19(20)24/h3-12,23-24H,13H2,1-2H3. The number of aliphatic hydroxyl groups is 1. The van der Waals surface area contributed by atoms with Crippen molar-refractivity contribution in [2.45, 2.75) is 25.8 Å². The summed E-state index contributed by atoms with van der Waals surface area (Å²) >= 11 is 0. The van der Waals surface area contributed by atoms with Crippen molar-refractivity contribution in [2.75, 3.05) is 0 Å². The van der Waals surface area contributed by atoms with Crippen molar-refractivity contribution in [1.82, 2.24) is 0 Å². The van der Waals surface area contributed by atoms with E-state index in [1.54, 1.807) is 18.2 Å². The van der Waals surface area contributed by atoms with Crippen LogP contribution in [0.25, 0.3) is 0 Å². The minimum Gasteiger partial charge on any atom is -0.509 e. The summed E-state index contributed by atoms with van der Waals surface area (Å²) in [5.74, 6) is 0.217. The van der Waals surface area contributed by atoms with E-state index in [2.05, 4.69) is 10.2 Å². The van der Waals surface area contributed by atoms with Crippen LogP contribution in [0, 0.1) is 6.92 Å². The monoisotopic (exact) mass is 320 g/mol. The van der Waals surface area contributed by atoms with Crippen molar-refractivity contribution in [1.29, 1.82) is 0 Å². The van der Waals surface area contributed by atoms with Crippen LogP contribution in [-0.4, -0.2) is 10.2 Å². The third-order valence-electron chi connectivity index (χ3n) is 4.19. The molecule has 24 heavy (non-hydrogen) atoms. The molecular formula is C20H20N2O2. The van der Waals surface area contributed by atoms with Gasteiger partial charge in [-0.2, -0.15) is 10.2 Å². The van der Waals surface area contributed by atoms with Crippen molar-refractivity contribution < 1.29 is 10.2 Å². The average Bonchev–Trinajstić information content (AvgIpc) is 2.59. The van der Waals surface area contributed by atoms with Gasteiger partial charge >= 0.3 is 0 Å². The van der Waals surface area contributed by atoms with Gasteiger partial charge in [0.2, 0.25) is 0 Å². The topological polar surface area (TPSA) is 65.2 Å². The van der Waals surface area contributed by atoms with E-state index in [-0.39, 0.29) is 11.5 Å². The Hall–Kier alpha value is -2.88. The minimum atomic E-state index is -0.962. The molecule has 0 amide bonds. The van der Waals surface area contributed by atoms with Crippen LogP contribution in [0.15, 0.2) is 82.2 Å². The average molecular weight is 320 g/mol. The molecule has 0 radical (unpaired) electrons. The Morgan fingerprint density at radius 2 is 1.71 bits per heavy atom. The largest absolute Gasteiger partial charge is 0.509 e. The van der Waals surface area contributed by atoms with Crippen LogP contribution in [0.1, 0.15) is 24.5 Å². The van der Waals surface area contributed by atoms with Crippen molar-refractivity contribution in [3.05, 3.63) is 83.1 Å². The summed E-state index contributed by atoms with van der Waals surface area (Å²) < 4.78 is 0. The summed E-state index contributed by atoms with van der Waals surface area (Å²) in [6.07, 6.45) is 4.09. The summed E-state index contributed by atoms with van der Waals surface area (Å²) in [5, 5.41) is 29.4. The van der Waals surface area contributed by atoms with E-state index in [1.807, 2.05) is 56.3 Å². The van der Waals surface area contributed by atoms with Crippen LogP contribution in [0.3, 0.4) is 0 Å². The second-order valence-electron chi connectivity index (χ2n) is 6.16. The number of nitrogens with zero attached hydrogens (tertiary/aromatic N) is 2. The quantitative estimate of drug-likeness (QED) is 0.736. The van der Waals surface area contributed by atoms with Gasteiger partial charge in [0, 0.05) is 6.42 Å². The number of rotatable bonds is 3. The lowest BCUT2D eigenvalue weighted by molar-refractivity contribution is 0.285. The molecule has 1 atom stereocenters. The van der Waals surface area contributed by atoms with Crippen LogP contribution in [0.4, 0.5) is 5.69 Å². The van der Waals surface area contributed by atoms with Crippen LogP contribution in [-0.2, 0) is 5.54 Å². The lowest BCUT2D eigenvalue weighted by Crippen LogP contribution is -2.28. The molecule has 1 unspecified atom stereocenters. The van der Waals surface area contributed by atoms with E-state index in [0.29, 0.717) is 12.1 Å². The Kier molecular flexibility index (Phi) is 4.21. The lowest BCUT2D eigenvalue weighted by Gasteiger charge is -2.31. The van der Waals surface area contributed by atoms with E-state index < -0.39 is 5.54 Å². The zero-order chi connectivity index (χ0) is 17.2. The zero-order valence-corrected chi connectivity index (χ0v) is 13.8. The number of hydrogen-bond acceptors (Lipinski definition) is 4. The van der Waals surface area contributed by atoms with E-state index in [4.69, 9.17) is 0 Å². The fourth-order valence-corrected chi connectivity index (χ4v) is 2.87. The Bertz CT molecular complexity index is 838. The van der Waals surface area contributed by atoms with Gasteiger partial charge < -0.3 is 10.2 Å². The van der Waals surface area contributed by atoms with E-state index in [9.17, 15) is 10.2 Å². The Balaban J connectivity index is 2.10. The van der Waals surface area contributed by atoms with E-state index >= 15 is 0 Å². The highest BCUT2D eigenvalue weighted by Gasteiger charge is 2.39. The first-order valence-electron chi connectivity index (χ1n) is 7.86. The fourth-order valence-electron chi connectivity index (χ4n) is 2.87. The molecule has 122 valence electrons. The molecule has 2 aromatic carbocycles. The molecule has 0 saturated heterocycles. The zero-order valence-electron chi connectivity index (χ0n) is 13.8. The summed E-state index contributed by atoms with van der Waals surface area (Å²) in [4.78, 5) is 0. The Morgan fingerprint density at radius 3 is 2.46 bits per heavy atom. The maximum Gasteiger partial charge on any atom is 0.167 e. The SMILES string of the molecule is CC1=CC=C(O)C(N=Nc2cc(C)ccc2O)(c2ccccc2)C1. The molecule has 0 saturated carbocycles. The number of aryl methyl sites for hydroxylation is 1. The number of allylic oxidation sites excluding steroid dienone is 2. The molecule has 0 aliphatic heterocycles. The molecule has 0 fully saturated rings. The first kappa shape index (κ1) is 16.0. The summed E-state index contributed by atoms with van der Waals surface area (Å²) in [6, 6.07) is 14.8. The molecule has 0 spiro atoms. The van der Waals surface area contributed by atoms with Crippen LogP contribution < -0.4 is 0 Å². The number of benzene rings is 2. The molecule has 1 aliphatic rings. The highest BCUT2D eigenvalue weighted by atomic mass is 16.3. The van der Waals surface area contributed by atoms with Gasteiger partial charge in [0.1, 0.15) is 17.2 Å². The first-order valence-corrected chi connectivity index (χ1v) is 7.86. The molecule has 0 heterocycles. The van der Waals surface area contributed by atoms with Gasteiger partial charge in [0.05, 0.1) is 0 Å². The molecule has 0 bridgehead atoms. The van der Waals surface area contributed by atoms with Gasteiger partial charge in [-0.1, -0.05) is 48.0 Å². The van der Waals surface area contributed by atoms with Gasteiger partial charge in [0.15, 0.2) is 5.54 Å². The molecule has 2 N–H and O–H groups in total. The maximum absolute atomic E-state index is 10.6. The van der Waals surface area contributed by atoms with Crippen molar-refractivity contribution in [3.63, 3.8) is 0 Å². The predicted octanol–water partition coefficient (Wildman–Crippen LogP) is 5.47. The summed E-state index contributed by atoms with van der Waals surface area (Å²) in [6.45, 7) is 3.93. The minimum absolute atomic E-state index is 0.0686. The predicted molar refractivity (Wildman–Crippen MR) is 94.6 cm³/mol. The third-order valence-corrected chi connectivity index (χ3v) is 4.19. The normalized spacial score (nSPS) is 20.8. The molecule has 2 aromatic rings. The van der Waals surface area contributed by atoms with Gasteiger partial charge in [-0.3, -0.25) is 0 Å². The van der Waals surface area contributed by atoms with Gasteiger partial charge in [0.25, 0.3) is 0 Å². The number of phenolic OH excluding ortho intramolecular Hbond substituents is 1. The molecule has 4 heteroatoms. The van der Waals surface area contributed by atoms with Crippen molar-refractivity contribution in [2.24, 2.45) is 10.2 Å². The third kappa shape index (κ3) is 2.95. The van der Waals surface area contributed by atoms with Gasteiger partial charge in [-0.05, 0) is 43.2 Å². The lowest BCUT2D eigenvalue weighted by atomic mass is 9.80. The number of aliphatic hydroxyl groups excluding tert-OH is 1. The second kappa shape index (κ2) is 6.32. The smallest absolute Gasteiger partial charge is 0.167 e. The molecule has 4 nitrogen and oxygen atoms in total. The number of azo groups is 1. The molecule has 0 aromatic heterocycles. The van der Waals surface area contributed by atoms with Gasteiger partial charge in [-0.25, -0.2) is 0 Å². The molecule has 3 rings (SSSR count). The van der Waals surface area contributed by atoms with E-state index in [0.717, 1.165) is 16.7 Å².